The monoisotopic (exact) mass is 628 g/mol. The number of hydrogen-bond acceptors (Lipinski definition) is 10. The summed E-state index contributed by atoms with van der Waals surface area (Å²) in [5.41, 5.74) is 5.49. The Balaban J connectivity index is 1.19. The number of aromatic nitrogens is 4. The van der Waals surface area contributed by atoms with Crippen LogP contribution in [0, 0.1) is 12.7 Å². The topological polar surface area (TPSA) is 231 Å². The predicted molar refractivity (Wildman–Crippen MR) is 161 cm³/mol. The second-order valence-electron chi connectivity index (χ2n) is 10.8. The van der Waals surface area contributed by atoms with Gasteiger partial charge in [-0.15, -0.1) is 5.10 Å². The highest BCUT2D eigenvalue weighted by Crippen LogP contribution is 2.35. The van der Waals surface area contributed by atoms with Crippen LogP contribution in [0.2, 0.25) is 0 Å². The number of nitrogens with one attached hydrogen (secondary N) is 4. The van der Waals surface area contributed by atoms with Crippen LogP contribution in [0.3, 0.4) is 0 Å². The minimum absolute atomic E-state index is 0.0767. The van der Waals surface area contributed by atoms with E-state index in [-0.39, 0.29) is 52.8 Å². The molecule has 15 nitrogen and oxygen atoms in total. The van der Waals surface area contributed by atoms with Crippen LogP contribution in [0.1, 0.15) is 71.6 Å². The molecule has 6 rings (SSSR count). The van der Waals surface area contributed by atoms with E-state index in [1.807, 2.05) is 0 Å². The number of carboxylic acid groups (broad SMARTS) is 1. The third kappa shape index (κ3) is 5.14. The minimum Gasteiger partial charge on any atom is -0.478 e. The lowest BCUT2D eigenvalue weighted by atomic mass is 9.98. The van der Waals surface area contributed by atoms with Crippen LogP contribution in [0.4, 0.5) is 15.8 Å². The van der Waals surface area contributed by atoms with Gasteiger partial charge in [-0.2, -0.15) is 0 Å². The lowest BCUT2D eigenvalue weighted by Gasteiger charge is -2.16. The molecule has 0 unspecified atom stereocenters. The van der Waals surface area contributed by atoms with Crippen molar-refractivity contribution in [2.24, 2.45) is 0 Å². The molecule has 0 saturated heterocycles. The van der Waals surface area contributed by atoms with Crippen molar-refractivity contribution in [3.8, 4) is 0 Å². The number of anilines is 2. The quantitative estimate of drug-likeness (QED) is 0.124. The first kappa shape index (κ1) is 29.9. The van der Waals surface area contributed by atoms with Gasteiger partial charge in [0.25, 0.3) is 28.4 Å². The van der Waals surface area contributed by atoms with Crippen LogP contribution in [0.5, 0.6) is 0 Å². The van der Waals surface area contributed by atoms with Gasteiger partial charge in [0, 0.05) is 18.7 Å². The van der Waals surface area contributed by atoms with Crippen molar-refractivity contribution >= 4 is 34.9 Å². The van der Waals surface area contributed by atoms with Crippen molar-refractivity contribution in [1.82, 2.24) is 30.2 Å². The third-order valence-corrected chi connectivity index (χ3v) is 8.05. The van der Waals surface area contributed by atoms with E-state index in [9.17, 15) is 38.3 Å². The first-order chi connectivity index (χ1) is 21.9. The smallest absolute Gasteiger partial charge is 0.349 e. The van der Waals surface area contributed by atoms with Gasteiger partial charge in [-0.3, -0.25) is 19.2 Å². The van der Waals surface area contributed by atoms with E-state index in [0.717, 1.165) is 21.6 Å². The molecule has 5 aromatic rings. The van der Waals surface area contributed by atoms with Gasteiger partial charge in [-0.05, 0) is 66.3 Å². The van der Waals surface area contributed by atoms with Crippen LogP contribution in [-0.2, 0) is 19.5 Å². The third-order valence-electron chi connectivity index (χ3n) is 8.05. The molecule has 16 heteroatoms. The standard InChI is InChI=1S/C30H25FN8O7/c1-12-15-5-7-19(17(15)4-3-16(12)28(44)45)35-27(43)21-9-20(36-29-37-38-30(46)39(21)29)26(42)34-10-13-2-6-18(31)14(8-13)11-33-23-22(32)24(40)25(23)41/h2-4,6,8-9,19,33H,5,7,10-11,32H2,1H3,(H,34,42)(H,35,43)(H,38,46)(H,44,45)/t19-/m0/s1. The fourth-order valence-electron chi connectivity index (χ4n) is 5.61. The van der Waals surface area contributed by atoms with Gasteiger partial charge in [-0.1, -0.05) is 12.1 Å². The van der Waals surface area contributed by atoms with Crippen molar-refractivity contribution in [2.45, 2.75) is 38.9 Å². The molecular weight excluding hydrogens is 603 g/mol. The number of carbonyl (C=O) groups is 3. The van der Waals surface area contributed by atoms with Crippen molar-refractivity contribution in [1.29, 1.82) is 0 Å². The Kier molecular flexibility index (Phi) is 7.39. The van der Waals surface area contributed by atoms with Gasteiger partial charge < -0.3 is 26.8 Å². The second-order valence-corrected chi connectivity index (χ2v) is 10.8. The van der Waals surface area contributed by atoms with Crippen molar-refractivity contribution < 1.29 is 23.9 Å². The molecule has 1 atom stereocenters. The van der Waals surface area contributed by atoms with Crippen molar-refractivity contribution in [2.75, 3.05) is 11.1 Å². The van der Waals surface area contributed by atoms with Crippen LogP contribution >= 0.6 is 0 Å². The molecule has 7 N–H and O–H groups in total. The summed E-state index contributed by atoms with van der Waals surface area (Å²) in [7, 11) is 0. The van der Waals surface area contributed by atoms with Gasteiger partial charge in [-0.25, -0.2) is 28.5 Å². The van der Waals surface area contributed by atoms with E-state index in [1.54, 1.807) is 13.0 Å². The molecule has 46 heavy (non-hydrogen) atoms. The SMILES string of the molecule is Cc1c(C(=O)O)ccc2c1CC[C@@H]2NC(=O)c1cc(C(=O)NCc2ccc(F)c(CNc3c(N)c(=O)c3=O)c2)nc2n[nH]c(=O)n12. The molecule has 0 fully saturated rings. The summed E-state index contributed by atoms with van der Waals surface area (Å²) in [6.07, 6.45) is 1.05. The number of carboxylic acids is 1. The Morgan fingerprint density at radius 3 is 2.61 bits per heavy atom. The number of hydrogen-bond donors (Lipinski definition) is 6. The van der Waals surface area contributed by atoms with Gasteiger partial charge in [0.2, 0.25) is 0 Å². The van der Waals surface area contributed by atoms with Gasteiger partial charge >= 0.3 is 11.7 Å². The molecule has 0 bridgehead atoms. The molecular formula is C30H25FN8O7. The first-order valence-corrected chi connectivity index (χ1v) is 14.0. The van der Waals surface area contributed by atoms with Crippen LogP contribution in [0.25, 0.3) is 5.78 Å². The molecule has 0 aliphatic heterocycles. The molecule has 0 radical (unpaired) electrons. The fourth-order valence-corrected chi connectivity index (χ4v) is 5.61. The van der Waals surface area contributed by atoms with Gasteiger partial charge in [0.05, 0.1) is 11.6 Å². The summed E-state index contributed by atoms with van der Waals surface area (Å²) in [5.74, 6) is -3.24. The fraction of sp³-hybridized carbons (Fsp3) is 0.200. The number of amides is 2. The van der Waals surface area contributed by atoms with Crippen LogP contribution in [-0.4, -0.2) is 42.5 Å². The van der Waals surface area contributed by atoms with Crippen molar-refractivity contribution in [3.05, 3.63) is 118 Å². The number of halogens is 1. The maximum Gasteiger partial charge on any atom is 0.349 e. The molecule has 0 saturated carbocycles. The zero-order valence-corrected chi connectivity index (χ0v) is 24.1. The summed E-state index contributed by atoms with van der Waals surface area (Å²) in [4.78, 5) is 77.7. The maximum absolute atomic E-state index is 14.4. The summed E-state index contributed by atoms with van der Waals surface area (Å²) in [6, 6.07) is 7.90. The van der Waals surface area contributed by atoms with E-state index in [2.05, 4.69) is 31.1 Å². The zero-order chi connectivity index (χ0) is 32.9. The number of nitrogens with zero attached hydrogens (tertiary/aromatic N) is 3. The first-order valence-electron chi connectivity index (χ1n) is 14.0. The normalized spacial score (nSPS) is 13.9. The van der Waals surface area contributed by atoms with E-state index in [1.165, 1.54) is 24.3 Å². The predicted octanol–water partition coefficient (Wildman–Crippen LogP) is 0.701. The van der Waals surface area contributed by atoms with E-state index in [4.69, 9.17) is 5.73 Å². The molecule has 1 aliphatic rings. The van der Waals surface area contributed by atoms with Gasteiger partial charge in [0.15, 0.2) is 0 Å². The number of carbonyl (C=O) groups excluding carboxylic acids is 2. The average molecular weight is 629 g/mol. The largest absolute Gasteiger partial charge is 0.478 e. The zero-order valence-electron chi connectivity index (χ0n) is 24.1. The Bertz CT molecular complexity index is 2230. The number of nitrogens with two attached hydrogens (primary N) is 1. The Morgan fingerprint density at radius 1 is 1.09 bits per heavy atom. The number of benzene rings is 2. The van der Waals surface area contributed by atoms with Crippen molar-refractivity contribution in [3.63, 3.8) is 0 Å². The highest BCUT2D eigenvalue weighted by atomic mass is 19.1. The molecule has 2 aromatic heterocycles. The number of H-pyrrole nitrogens is 1. The Hall–Kier alpha value is -6.19. The van der Waals surface area contributed by atoms with E-state index in [0.29, 0.717) is 24.0 Å². The van der Waals surface area contributed by atoms with E-state index >= 15 is 0 Å². The summed E-state index contributed by atoms with van der Waals surface area (Å²) in [6.45, 7) is 1.50. The summed E-state index contributed by atoms with van der Waals surface area (Å²) in [5, 5.41) is 23.6. The van der Waals surface area contributed by atoms with Crippen LogP contribution < -0.4 is 38.2 Å². The highest BCUT2D eigenvalue weighted by molar-refractivity contribution is 5.98. The highest BCUT2D eigenvalue weighted by Gasteiger charge is 2.29. The lowest BCUT2D eigenvalue weighted by Crippen LogP contribution is -2.37. The molecule has 3 aromatic carbocycles. The molecule has 2 heterocycles. The van der Waals surface area contributed by atoms with E-state index < -0.39 is 46.2 Å². The Morgan fingerprint density at radius 2 is 1.87 bits per heavy atom. The molecule has 2 amide bonds. The minimum atomic E-state index is -1.04. The Labute approximate surface area is 257 Å². The van der Waals surface area contributed by atoms with Gasteiger partial charge in [0.1, 0.15) is 28.6 Å². The number of rotatable bonds is 9. The number of aromatic amines is 1. The number of fused-ring (bicyclic) bond motifs is 2. The summed E-state index contributed by atoms with van der Waals surface area (Å²) >= 11 is 0. The second kappa shape index (κ2) is 11.4. The number of nitrogen functional groups attached to an aromatic ring is 1. The van der Waals surface area contributed by atoms with Crippen LogP contribution in [0.15, 0.2) is 50.8 Å². The lowest BCUT2D eigenvalue weighted by molar-refractivity contribution is 0.0695. The molecule has 234 valence electrons. The summed E-state index contributed by atoms with van der Waals surface area (Å²) < 4.78 is 15.3. The number of aromatic carboxylic acids is 1. The average Bonchev–Trinajstić information content (AvgIpc) is 3.63. The maximum atomic E-state index is 14.4. The molecule has 1 aliphatic carbocycles. The molecule has 0 spiro atoms.